The Bertz CT molecular complexity index is 1180. The van der Waals surface area contributed by atoms with Crippen molar-refractivity contribution in [3.8, 4) is 17.7 Å². The van der Waals surface area contributed by atoms with Crippen molar-refractivity contribution in [2.24, 2.45) is 5.92 Å². The fourth-order valence-electron chi connectivity index (χ4n) is 5.17. The van der Waals surface area contributed by atoms with E-state index in [-0.39, 0.29) is 17.5 Å². The number of carbonyl (C=O) groups excluding carboxylic acids is 1. The Morgan fingerprint density at radius 3 is 2.57 bits per heavy atom. The maximum absolute atomic E-state index is 13.3. The molecule has 8 heteroatoms. The van der Waals surface area contributed by atoms with Crippen LogP contribution in [0.15, 0.2) is 51.5 Å². The number of piperidine rings is 2. The van der Waals surface area contributed by atoms with Gasteiger partial charge >= 0.3 is 0 Å². The van der Waals surface area contributed by atoms with Crippen molar-refractivity contribution in [1.29, 1.82) is 5.26 Å². The van der Waals surface area contributed by atoms with Gasteiger partial charge in [-0.15, -0.1) is 0 Å². The molecule has 1 amide bonds. The van der Waals surface area contributed by atoms with Crippen LogP contribution in [-0.4, -0.2) is 49.0 Å². The second kappa shape index (κ2) is 10.3. The van der Waals surface area contributed by atoms with E-state index in [1.807, 2.05) is 16.8 Å². The number of furan rings is 1. The lowest BCUT2D eigenvalue weighted by atomic mass is 9.95. The molecule has 0 N–H and O–H groups in total. The highest BCUT2D eigenvalue weighted by Crippen LogP contribution is 2.32. The van der Waals surface area contributed by atoms with Gasteiger partial charge in [-0.05, 0) is 55.9 Å². The van der Waals surface area contributed by atoms with Crippen LogP contribution in [0, 0.1) is 17.2 Å². The highest BCUT2D eigenvalue weighted by molar-refractivity contribution is 5.79. The maximum Gasteiger partial charge on any atom is 0.266 e. The Kier molecular flexibility index (Phi) is 6.75. The predicted molar refractivity (Wildman–Crippen MR) is 133 cm³/mol. The Morgan fingerprint density at radius 2 is 1.86 bits per heavy atom. The van der Waals surface area contributed by atoms with Crippen molar-refractivity contribution >= 4 is 17.5 Å². The quantitative estimate of drug-likeness (QED) is 0.514. The summed E-state index contributed by atoms with van der Waals surface area (Å²) in [6.45, 7) is 4.05. The van der Waals surface area contributed by atoms with Crippen molar-refractivity contribution in [1.82, 2.24) is 9.88 Å². The zero-order valence-corrected chi connectivity index (χ0v) is 20.2. The Hall–Kier alpha value is -3.73. The van der Waals surface area contributed by atoms with Gasteiger partial charge in [-0.25, -0.2) is 0 Å². The molecule has 2 fully saturated rings. The molecule has 2 saturated heterocycles. The van der Waals surface area contributed by atoms with E-state index in [1.54, 1.807) is 18.4 Å². The molecule has 2 aromatic heterocycles. The van der Waals surface area contributed by atoms with Gasteiger partial charge in [0.25, 0.3) is 5.89 Å². The number of hydrogen-bond donors (Lipinski definition) is 0. The van der Waals surface area contributed by atoms with Crippen molar-refractivity contribution in [3.05, 3.63) is 53.9 Å². The minimum atomic E-state index is -0.0450. The van der Waals surface area contributed by atoms with E-state index in [0.717, 1.165) is 13.1 Å². The Morgan fingerprint density at radius 1 is 1.09 bits per heavy atom. The lowest BCUT2D eigenvalue weighted by Gasteiger charge is -2.34. The molecule has 0 radical (unpaired) electrons. The molecule has 8 nitrogen and oxygen atoms in total. The lowest BCUT2D eigenvalue weighted by molar-refractivity contribution is -0.135. The van der Waals surface area contributed by atoms with Gasteiger partial charge in [0.15, 0.2) is 5.76 Å². The van der Waals surface area contributed by atoms with Crippen LogP contribution in [0.4, 0.5) is 11.6 Å². The smallest absolute Gasteiger partial charge is 0.266 e. The van der Waals surface area contributed by atoms with Crippen LogP contribution in [0.3, 0.4) is 0 Å². The van der Waals surface area contributed by atoms with Gasteiger partial charge in [0.2, 0.25) is 17.5 Å². The highest BCUT2D eigenvalue weighted by Gasteiger charge is 2.31. The number of nitrogens with zero attached hydrogens (tertiary/aromatic N) is 5. The minimum absolute atomic E-state index is 0.0450. The first-order valence-corrected chi connectivity index (χ1v) is 12.4. The van der Waals surface area contributed by atoms with Crippen LogP contribution in [-0.2, 0) is 11.3 Å². The SMILES string of the molecule is CN(Cc1ccccc1N1CCCCC1)C(=O)C1CCN(c2oc(-c3ccco3)nc2C#N)CC1. The van der Waals surface area contributed by atoms with Crippen LogP contribution in [0.1, 0.15) is 43.4 Å². The Labute approximate surface area is 205 Å². The van der Waals surface area contributed by atoms with E-state index in [9.17, 15) is 10.1 Å². The summed E-state index contributed by atoms with van der Waals surface area (Å²) in [4.78, 5) is 23.9. The molecule has 0 saturated carbocycles. The number of nitriles is 1. The van der Waals surface area contributed by atoms with Gasteiger partial charge in [-0.1, -0.05) is 18.2 Å². The number of hydrogen-bond acceptors (Lipinski definition) is 7. The molecular formula is C27H31N5O3. The van der Waals surface area contributed by atoms with E-state index in [4.69, 9.17) is 8.83 Å². The third-order valence-corrected chi connectivity index (χ3v) is 7.05. The molecule has 182 valence electrons. The fourth-order valence-corrected chi connectivity index (χ4v) is 5.17. The summed E-state index contributed by atoms with van der Waals surface area (Å²) in [5, 5.41) is 9.54. The normalized spacial score (nSPS) is 16.8. The monoisotopic (exact) mass is 473 g/mol. The largest absolute Gasteiger partial charge is 0.459 e. The number of rotatable bonds is 6. The standard InChI is InChI=1S/C27H31N5O3/c1-30(19-21-8-3-4-9-23(21)31-13-5-2-6-14-31)26(33)20-11-15-32(16-12-20)27-22(18-28)29-25(35-27)24-10-7-17-34-24/h3-4,7-10,17,20H,2,5-6,11-16,19H2,1H3. The molecule has 0 spiro atoms. The summed E-state index contributed by atoms with van der Waals surface area (Å²) in [6, 6.07) is 14.1. The minimum Gasteiger partial charge on any atom is -0.459 e. The number of oxazole rings is 1. The Balaban J connectivity index is 1.21. The first-order valence-electron chi connectivity index (χ1n) is 12.4. The average Bonchev–Trinajstić information content (AvgIpc) is 3.59. The van der Waals surface area contributed by atoms with Crippen molar-refractivity contribution < 1.29 is 13.6 Å². The first kappa shape index (κ1) is 23.0. The predicted octanol–water partition coefficient (Wildman–Crippen LogP) is 4.67. The number of amides is 1. The maximum atomic E-state index is 13.3. The zero-order chi connectivity index (χ0) is 24.2. The van der Waals surface area contributed by atoms with Crippen LogP contribution in [0.5, 0.6) is 0 Å². The molecular weight excluding hydrogens is 442 g/mol. The molecule has 0 unspecified atom stereocenters. The van der Waals surface area contributed by atoms with E-state index in [1.165, 1.54) is 30.5 Å². The third-order valence-electron chi connectivity index (χ3n) is 7.05. The first-order chi connectivity index (χ1) is 17.1. The molecule has 1 aromatic carbocycles. The van der Waals surface area contributed by atoms with E-state index >= 15 is 0 Å². The van der Waals surface area contributed by atoms with Gasteiger partial charge < -0.3 is 23.5 Å². The summed E-state index contributed by atoms with van der Waals surface area (Å²) in [5.41, 5.74) is 2.70. The summed E-state index contributed by atoms with van der Waals surface area (Å²) < 4.78 is 11.2. The average molecular weight is 474 g/mol. The van der Waals surface area contributed by atoms with Crippen molar-refractivity contribution in [2.75, 3.05) is 43.0 Å². The molecule has 3 aromatic rings. The summed E-state index contributed by atoms with van der Waals surface area (Å²) in [7, 11) is 1.90. The summed E-state index contributed by atoms with van der Waals surface area (Å²) in [6.07, 6.45) is 6.71. The van der Waals surface area contributed by atoms with Gasteiger partial charge in [0, 0.05) is 51.4 Å². The molecule has 5 rings (SSSR count). The molecule has 2 aliphatic heterocycles. The molecule has 0 atom stereocenters. The number of aromatic nitrogens is 1. The number of carbonyl (C=O) groups is 1. The van der Waals surface area contributed by atoms with Crippen molar-refractivity contribution in [2.45, 2.75) is 38.6 Å². The van der Waals surface area contributed by atoms with Crippen LogP contribution in [0.2, 0.25) is 0 Å². The lowest BCUT2D eigenvalue weighted by Crippen LogP contribution is -2.41. The van der Waals surface area contributed by atoms with Gasteiger partial charge in [-0.3, -0.25) is 4.79 Å². The number of anilines is 2. The topological polar surface area (TPSA) is 89.8 Å². The third kappa shape index (κ3) is 4.90. The second-order valence-electron chi connectivity index (χ2n) is 9.39. The van der Waals surface area contributed by atoms with E-state index in [0.29, 0.717) is 50.0 Å². The fraction of sp³-hybridized carbons (Fsp3) is 0.444. The molecule has 4 heterocycles. The molecule has 2 aliphatic rings. The molecule has 0 aliphatic carbocycles. The zero-order valence-electron chi connectivity index (χ0n) is 20.2. The number of para-hydroxylation sites is 1. The molecule has 0 bridgehead atoms. The second-order valence-corrected chi connectivity index (χ2v) is 9.39. The number of benzene rings is 1. The highest BCUT2D eigenvalue weighted by atomic mass is 16.4. The van der Waals surface area contributed by atoms with Gasteiger partial charge in [0.05, 0.1) is 6.26 Å². The van der Waals surface area contributed by atoms with Gasteiger partial charge in [0.1, 0.15) is 6.07 Å². The van der Waals surface area contributed by atoms with Crippen LogP contribution < -0.4 is 9.80 Å². The van der Waals surface area contributed by atoms with Crippen LogP contribution in [0.25, 0.3) is 11.7 Å². The van der Waals surface area contributed by atoms with Crippen molar-refractivity contribution in [3.63, 3.8) is 0 Å². The summed E-state index contributed by atoms with van der Waals surface area (Å²) >= 11 is 0. The molecule has 35 heavy (non-hydrogen) atoms. The summed E-state index contributed by atoms with van der Waals surface area (Å²) in [5.74, 6) is 1.37. The van der Waals surface area contributed by atoms with E-state index in [2.05, 4.69) is 40.2 Å². The van der Waals surface area contributed by atoms with Crippen LogP contribution >= 0.6 is 0 Å². The van der Waals surface area contributed by atoms with Gasteiger partial charge in [-0.2, -0.15) is 10.2 Å². The van der Waals surface area contributed by atoms with E-state index < -0.39 is 0 Å².